The number of aliphatic carboxylic acids is 1. The lowest BCUT2D eigenvalue weighted by Gasteiger charge is -1.96. The summed E-state index contributed by atoms with van der Waals surface area (Å²) in [5.74, 6) is -1.04. The van der Waals surface area contributed by atoms with Gasteiger partial charge in [0, 0.05) is 6.07 Å². The first-order chi connectivity index (χ1) is 6.11. The molecule has 0 atom stereocenters. The van der Waals surface area contributed by atoms with Gasteiger partial charge in [-0.05, 0) is 11.6 Å². The summed E-state index contributed by atoms with van der Waals surface area (Å²) in [6, 6.07) is 2.49. The lowest BCUT2D eigenvalue weighted by Crippen LogP contribution is -2.11. The van der Waals surface area contributed by atoms with Gasteiger partial charge in [0.15, 0.2) is 6.29 Å². The maximum Gasteiger partial charge on any atom is 0.307 e. The van der Waals surface area contributed by atoms with Crippen LogP contribution < -0.4 is 5.56 Å². The van der Waals surface area contributed by atoms with Crippen molar-refractivity contribution in [3.05, 3.63) is 33.7 Å². The zero-order valence-electron chi connectivity index (χ0n) is 6.61. The predicted molar refractivity (Wildman–Crippen MR) is 43.8 cm³/mol. The molecule has 0 spiro atoms. The summed E-state index contributed by atoms with van der Waals surface area (Å²) in [5, 5.41) is 8.42. The van der Waals surface area contributed by atoms with Gasteiger partial charge < -0.3 is 10.1 Å². The van der Waals surface area contributed by atoms with Gasteiger partial charge in [-0.25, -0.2) is 0 Å². The van der Waals surface area contributed by atoms with E-state index >= 15 is 0 Å². The molecule has 0 saturated carbocycles. The molecule has 13 heavy (non-hydrogen) atoms. The van der Waals surface area contributed by atoms with E-state index in [-0.39, 0.29) is 12.1 Å². The molecule has 0 aliphatic carbocycles. The van der Waals surface area contributed by atoms with Gasteiger partial charge in [-0.1, -0.05) is 0 Å². The van der Waals surface area contributed by atoms with Crippen LogP contribution >= 0.6 is 0 Å². The molecule has 1 aromatic rings. The van der Waals surface area contributed by atoms with Crippen LogP contribution in [0.25, 0.3) is 0 Å². The van der Waals surface area contributed by atoms with Crippen molar-refractivity contribution >= 4 is 12.3 Å². The van der Waals surface area contributed by atoms with Gasteiger partial charge in [0.2, 0.25) is 5.56 Å². The lowest BCUT2D eigenvalue weighted by molar-refractivity contribution is -0.136. The van der Waals surface area contributed by atoms with Crippen LogP contribution in [-0.2, 0) is 11.2 Å². The molecule has 0 aliphatic rings. The van der Waals surface area contributed by atoms with E-state index in [2.05, 4.69) is 4.98 Å². The Morgan fingerprint density at radius 2 is 2.23 bits per heavy atom. The molecule has 1 heterocycles. The summed E-state index contributed by atoms with van der Waals surface area (Å²) in [6.07, 6.45) is 0.206. The number of aromatic nitrogens is 1. The van der Waals surface area contributed by atoms with Gasteiger partial charge in [0.25, 0.3) is 0 Å². The zero-order chi connectivity index (χ0) is 9.84. The predicted octanol–water partition coefficient (Wildman–Crippen LogP) is -0.185. The first-order valence-electron chi connectivity index (χ1n) is 3.52. The molecule has 0 unspecified atom stereocenters. The molecular weight excluding hydrogens is 174 g/mol. The van der Waals surface area contributed by atoms with E-state index in [9.17, 15) is 14.4 Å². The molecule has 5 nitrogen and oxygen atoms in total. The van der Waals surface area contributed by atoms with Crippen molar-refractivity contribution in [1.29, 1.82) is 0 Å². The van der Waals surface area contributed by atoms with Crippen molar-refractivity contribution < 1.29 is 14.7 Å². The molecule has 0 radical (unpaired) electrons. The van der Waals surface area contributed by atoms with Crippen LogP contribution in [-0.4, -0.2) is 22.3 Å². The van der Waals surface area contributed by atoms with Crippen LogP contribution in [0.15, 0.2) is 16.9 Å². The molecule has 0 bridgehead atoms. The number of hydrogen-bond donors (Lipinski definition) is 2. The van der Waals surface area contributed by atoms with E-state index in [4.69, 9.17) is 5.11 Å². The maximum absolute atomic E-state index is 10.8. The van der Waals surface area contributed by atoms with Crippen LogP contribution in [0.5, 0.6) is 0 Å². The third-order valence-electron chi connectivity index (χ3n) is 1.41. The van der Waals surface area contributed by atoms with Crippen molar-refractivity contribution in [1.82, 2.24) is 4.98 Å². The highest BCUT2D eigenvalue weighted by Crippen LogP contribution is 1.97. The van der Waals surface area contributed by atoms with E-state index in [1.165, 1.54) is 6.07 Å². The summed E-state index contributed by atoms with van der Waals surface area (Å²) in [4.78, 5) is 33.7. The van der Waals surface area contributed by atoms with E-state index in [1.807, 2.05) is 0 Å². The zero-order valence-corrected chi connectivity index (χ0v) is 6.61. The number of hydrogen-bond acceptors (Lipinski definition) is 3. The fourth-order valence-electron chi connectivity index (χ4n) is 0.964. The molecule has 5 heteroatoms. The molecule has 2 N–H and O–H groups in total. The third kappa shape index (κ3) is 2.55. The summed E-state index contributed by atoms with van der Waals surface area (Å²) in [6.45, 7) is 0. The Balaban J connectivity index is 3.08. The van der Waals surface area contributed by atoms with E-state index in [1.54, 1.807) is 0 Å². The molecule has 0 saturated heterocycles. The van der Waals surface area contributed by atoms with E-state index < -0.39 is 11.5 Å². The average Bonchev–Trinajstić information content (AvgIpc) is 2.01. The van der Waals surface area contributed by atoms with E-state index in [0.29, 0.717) is 11.8 Å². The third-order valence-corrected chi connectivity index (χ3v) is 1.41. The lowest BCUT2D eigenvalue weighted by atomic mass is 10.2. The van der Waals surface area contributed by atoms with Crippen molar-refractivity contribution in [3.63, 3.8) is 0 Å². The standard InChI is InChI=1S/C8H7NO4/c10-4-6-1-5(3-8(12)13)2-7(11)9-6/h1-2,4H,3H2,(H,9,11)(H,12,13). The van der Waals surface area contributed by atoms with Gasteiger partial charge in [-0.2, -0.15) is 0 Å². The molecule has 0 aromatic carbocycles. The largest absolute Gasteiger partial charge is 0.481 e. The molecular formula is C8H7NO4. The van der Waals surface area contributed by atoms with Crippen LogP contribution in [0.2, 0.25) is 0 Å². The number of carboxylic acid groups (broad SMARTS) is 1. The number of rotatable bonds is 3. The SMILES string of the molecule is O=Cc1cc(CC(=O)O)cc(=O)[nH]1. The Labute approximate surface area is 73.0 Å². The second-order valence-electron chi connectivity index (χ2n) is 2.50. The maximum atomic E-state index is 10.8. The summed E-state index contributed by atoms with van der Waals surface area (Å²) in [5.41, 5.74) is -0.0667. The minimum Gasteiger partial charge on any atom is -0.481 e. The van der Waals surface area contributed by atoms with Gasteiger partial charge >= 0.3 is 5.97 Å². The number of H-pyrrole nitrogens is 1. The average molecular weight is 181 g/mol. The van der Waals surface area contributed by atoms with Gasteiger partial charge in [-0.3, -0.25) is 14.4 Å². The Morgan fingerprint density at radius 3 is 2.77 bits per heavy atom. The Bertz CT molecular complexity index is 393. The normalized spacial score (nSPS) is 9.54. The number of aldehydes is 1. The molecule has 0 aliphatic heterocycles. The molecule has 0 fully saturated rings. The summed E-state index contributed by atoms with van der Waals surface area (Å²) < 4.78 is 0. The highest BCUT2D eigenvalue weighted by atomic mass is 16.4. The van der Waals surface area contributed by atoms with Gasteiger partial charge in [0.1, 0.15) is 0 Å². The van der Waals surface area contributed by atoms with Crippen LogP contribution in [0.1, 0.15) is 16.1 Å². The number of carboxylic acids is 1. The summed E-state index contributed by atoms with van der Waals surface area (Å²) in [7, 11) is 0. The highest BCUT2D eigenvalue weighted by Gasteiger charge is 2.02. The number of carbonyl (C=O) groups excluding carboxylic acids is 1. The van der Waals surface area contributed by atoms with Gasteiger partial charge in [0.05, 0.1) is 12.1 Å². The monoisotopic (exact) mass is 181 g/mol. The molecule has 1 aromatic heterocycles. The fraction of sp³-hybridized carbons (Fsp3) is 0.125. The Hall–Kier alpha value is -1.91. The van der Waals surface area contributed by atoms with Crippen molar-refractivity contribution in [2.45, 2.75) is 6.42 Å². The summed E-state index contributed by atoms with van der Waals surface area (Å²) >= 11 is 0. The smallest absolute Gasteiger partial charge is 0.307 e. The topological polar surface area (TPSA) is 87.2 Å². The fourth-order valence-corrected chi connectivity index (χ4v) is 0.964. The minimum atomic E-state index is -1.04. The second kappa shape index (κ2) is 3.66. The van der Waals surface area contributed by atoms with Crippen LogP contribution in [0.3, 0.4) is 0 Å². The quantitative estimate of drug-likeness (QED) is 0.633. The molecule has 0 amide bonds. The van der Waals surface area contributed by atoms with Gasteiger partial charge in [-0.15, -0.1) is 0 Å². The Morgan fingerprint density at radius 1 is 1.54 bits per heavy atom. The first kappa shape index (κ1) is 9.18. The number of carbonyl (C=O) groups is 2. The minimum absolute atomic E-state index is 0.0868. The van der Waals surface area contributed by atoms with Crippen molar-refractivity contribution in [2.75, 3.05) is 0 Å². The molecule has 68 valence electrons. The number of aromatic amines is 1. The van der Waals surface area contributed by atoms with Crippen molar-refractivity contribution in [3.8, 4) is 0 Å². The number of pyridine rings is 1. The molecule has 1 rings (SSSR count). The first-order valence-corrected chi connectivity index (χ1v) is 3.52. The van der Waals surface area contributed by atoms with E-state index in [0.717, 1.165) is 6.07 Å². The van der Waals surface area contributed by atoms with Crippen molar-refractivity contribution in [2.24, 2.45) is 0 Å². The van der Waals surface area contributed by atoms with Crippen LogP contribution in [0.4, 0.5) is 0 Å². The number of nitrogens with one attached hydrogen (secondary N) is 1. The second-order valence-corrected chi connectivity index (χ2v) is 2.50. The Kier molecular flexibility index (Phi) is 2.59. The highest BCUT2D eigenvalue weighted by molar-refractivity contribution is 5.74. The van der Waals surface area contributed by atoms with Crippen LogP contribution in [0, 0.1) is 0 Å².